The lowest BCUT2D eigenvalue weighted by Gasteiger charge is -2.34. The Bertz CT molecular complexity index is 1930. The molecule has 1 aromatic heterocycles. The number of carbonyl (C=O) groups excluding carboxylic acids is 1. The van der Waals surface area contributed by atoms with Crippen LogP contribution in [-0.2, 0) is 24.4 Å². The lowest BCUT2D eigenvalue weighted by Crippen LogP contribution is -2.47. The van der Waals surface area contributed by atoms with Gasteiger partial charge in [0.2, 0.25) is 11.8 Å². The van der Waals surface area contributed by atoms with Crippen molar-refractivity contribution in [1.82, 2.24) is 14.8 Å². The van der Waals surface area contributed by atoms with E-state index in [1.54, 1.807) is 36.5 Å². The summed E-state index contributed by atoms with van der Waals surface area (Å²) < 4.78 is 17.7. The van der Waals surface area contributed by atoms with E-state index in [0.29, 0.717) is 53.7 Å². The smallest absolute Gasteiger partial charge is 0.246 e. The summed E-state index contributed by atoms with van der Waals surface area (Å²) in [6, 6.07) is 31.7. The third-order valence-corrected chi connectivity index (χ3v) is 9.35. The number of hydrogen-bond acceptors (Lipinski definition) is 6. The highest BCUT2D eigenvalue weighted by Crippen LogP contribution is 2.34. The fraction of sp³-hybridized carbons (Fsp3) is 0.238. The largest absolute Gasteiger partial charge is 0.493 e. The Morgan fingerprint density at radius 3 is 2.31 bits per heavy atom. The van der Waals surface area contributed by atoms with Crippen molar-refractivity contribution in [2.45, 2.75) is 33.4 Å². The molecule has 7 nitrogen and oxygen atoms in total. The van der Waals surface area contributed by atoms with E-state index in [4.69, 9.17) is 37.4 Å². The Morgan fingerprint density at radius 1 is 0.804 bits per heavy atom. The second-order valence-electron chi connectivity index (χ2n) is 12.6. The molecule has 1 saturated heterocycles. The van der Waals surface area contributed by atoms with Crippen LogP contribution in [0.4, 0.5) is 0 Å². The van der Waals surface area contributed by atoms with Crippen molar-refractivity contribution in [1.29, 1.82) is 0 Å². The third kappa shape index (κ3) is 10.4. The molecule has 4 aromatic carbocycles. The minimum Gasteiger partial charge on any atom is -0.493 e. The van der Waals surface area contributed by atoms with Crippen molar-refractivity contribution in [3.05, 3.63) is 153 Å². The molecule has 0 N–H and O–H groups in total. The summed E-state index contributed by atoms with van der Waals surface area (Å²) in [6.07, 6.45) is 5.88. The molecule has 1 aliphatic rings. The van der Waals surface area contributed by atoms with Gasteiger partial charge in [-0.3, -0.25) is 9.69 Å². The van der Waals surface area contributed by atoms with E-state index in [2.05, 4.69) is 53.2 Å². The number of piperazine rings is 1. The predicted octanol–water partition coefficient (Wildman–Crippen LogP) is 9.36. The Kier molecular flexibility index (Phi) is 12.3. The summed E-state index contributed by atoms with van der Waals surface area (Å²) in [5, 5.41) is 1.09. The number of hydrogen-bond donors (Lipinski definition) is 0. The summed E-state index contributed by atoms with van der Waals surface area (Å²) in [5.41, 5.74) is 6.26. The highest BCUT2D eigenvalue weighted by molar-refractivity contribution is 6.32. The monoisotopic (exact) mass is 721 g/mol. The second kappa shape index (κ2) is 17.4. The average molecular weight is 723 g/mol. The van der Waals surface area contributed by atoms with Crippen LogP contribution in [0.1, 0.15) is 33.4 Å². The highest BCUT2D eigenvalue weighted by Gasteiger charge is 2.20. The first kappa shape index (κ1) is 36.0. The van der Waals surface area contributed by atoms with Crippen LogP contribution in [0.5, 0.6) is 23.1 Å². The number of benzene rings is 4. The van der Waals surface area contributed by atoms with E-state index >= 15 is 0 Å². The molecule has 0 saturated carbocycles. The maximum Gasteiger partial charge on any atom is 0.246 e. The van der Waals surface area contributed by atoms with Gasteiger partial charge in [0.15, 0.2) is 5.75 Å². The molecule has 5 aromatic rings. The van der Waals surface area contributed by atoms with Gasteiger partial charge in [0.05, 0.1) is 17.8 Å². The van der Waals surface area contributed by atoms with Gasteiger partial charge in [0.25, 0.3) is 0 Å². The van der Waals surface area contributed by atoms with Crippen LogP contribution in [-0.4, -0.2) is 53.5 Å². The standard InChI is InChI=1S/C42H41Cl2N3O4/c1-30-6-5-8-36(24-30)49-23-18-32-10-12-33(13-11-32)28-46-19-21-47(22-20-46)41(48)17-14-34-25-31(2)42(39(44)26-34)51-40-16-15-37(27-45-40)50-29-35-7-3-4-9-38(35)43/h3-17,24-27H,18-23,28-29H2,1-2H3. The number of amides is 1. The molecule has 0 unspecified atom stereocenters. The SMILES string of the molecule is Cc1cccc(OCCc2ccc(CN3CCN(C(=O)C=Cc4cc(C)c(Oc5ccc(OCc6ccccc6Cl)cn5)c(Cl)c4)CC3)cc2)c1. The fourth-order valence-corrected chi connectivity index (χ4v) is 6.34. The number of aryl methyl sites for hydroxylation is 2. The maximum atomic E-state index is 13.0. The molecule has 0 atom stereocenters. The van der Waals surface area contributed by atoms with E-state index in [1.165, 1.54) is 16.7 Å². The van der Waals surface area contributed by atoms with Crippen molar-refractivity contribution in [3.63, 3.8) is 0 Å². The lowest BCUT2D eigenvalue weighted by molar-refractivity contribution is -0.127. The number of aromatic nitrogens is 1. The van der Waals surface area contributed by atoms with E-state index < -0.39 is 0 Å². The van der Waals surface area contributed by atoms with E-state index in [0.717, 1.165) is 48.5 Å². The van der Waals surface area contributed by atoms with E-state index in [9.17, 15) is 4.79 Å². The molecule has 0 aliphatic carbocycles. The van der Waals surface area contributed by atoms with E-state index in [-0.39, 0.29) is 5.91 Å². The van der Waals surface area contributed by atoms with E-state index in [1.807, 2.05) is 54.3 Å². The Hall–Kier alpha value is -4.82. The fourth-order valence-electron chi connectivity index (χ4n) is 5.84. The molecule has 1 fully saturated rings. The van der Waals surface area contributed by atoms with Crippen LogP contribution in [0.2, 0.25) is 10.0 Å². The second-order valence-corrected chi connectivity index (χ2v) is 13.4. The number of rotatable bonds is 13. The van der Waals surface area contributed by atoms with Gasteiger partial charge < -0.3 is 19.1 Å². The molecule has 2 heterocycles. The molecular formula is C42H41Cl2N3O4. The Labute approximate surface area is 310 Å². The zero-order chi connectivity index (χ0) is 35.6. The lowest BCUT2D eigenvalue weighted by atomic mass is 10.1. The van der Waals surface area contributed by atoms with Gasteiger partial charge in [-0.2, -0.15) is 0 Å². The number of pyridine rings is 1. The predicted molar refractivity (Wildman–Crippen MR) is 204 cm³/mol. The molecule has 0 radical (unpaired) electrons. The number of ether oxygens (including phenoxy) is 3. The Balaban J connectivity index is 0.937. The first-order valence-corrected chi connectivity index (χ1v) is 17.8. The van der Waals surface area contributed by atoms with Gasteiger partial charge in [-0.25, -0.2) is 4.98 Å². The summed E-state index contributed by atoms with van der Waals surface area (Å²) >= 11 is 12.8. The molecule has 1 aliphatic heterocycles. The van der Waals surface area contributed by atoms with Crippen LogP contribution >= 0.6 is 23.2 Å². The molecule has 6 rings (SSSR count). The molecule has 262 valence electrons. The van der Waals surface area contributed by atoms with Gasteiger partial charge in [-0.1, -0.05) is 77.8 Å². The van der Waals surface area contributed by atoms with Crippen LogP contribution in [0, 0.1) is 13.8 Å². The zero-order valence-corrected chi connectivity index (χ0v) is 30.4. The maximum absolute atomic E-state index is 13.0. The van der Waals surface area contributed by atoms with Crippen LogP contribution in [0.25, 0.3) is 6.08 Å². The summed E-state index contributed by atoms with van der Waals surface area (Å²) in [7, 11) is 0. The topological polar surface area (TPSA) is 64.1 Å². The van der Waals surface area contributed by atoms with Crippen molar-refractivity contribution < 1.29 is 19.0 Å². The minimum absolute atomic E-state index is 0.0120. The van der Waals surface area contributed by atoms with Crippen molar-refractivity contribution in [3.8, 4) is 23.1 Å². The average Bonchev–Trinajstić information content (AvgIpc) is 3.13. The number of nitrogens with zero attached hydrogens (tertiary/aromatic N) is 3. The molecule has 51 heavy (non-hydrogen) atoms. The molecule has 9 heteroatoms. The zero-order valence-electron chi connectivity index (χ0n) is 28.9. The van der Waals surface area contributed by atoms with Crippen LogP contribution in [0.15, 0.2) is 109 Å². The van der Waals surface area contributed by atoms with Gasteiger partial charge in [-0.15, -0.1) is 0 Å². The molecule has 1 amide bonds. The van der Waals surface area contributed by atoms with Gasteiger partial charge >= 0.3 is 0 Å². The first-order valence-electron chi connectivity index (χ1n) is 17.1. The van der Waals surface area contributed by atoms with Crippen molar-refractivity contribution >= 4 is 35.2 Å². The van der Waals surface area contributed by atoms with Crippen molar-refractivity contribution in [2.75, 3.05) is 32.8 Å². The quantitative estimate of drug-likeness (QED) is 0.113. The molecular weight excluding hydrogens is 681 g/mol. The van der Waals surface area contributed by atoms with Crippen molar-refractivity contribution in [2.24, 2.45) is 0 Å². The van der Waals surface area contributed by atoms with Gasteiger partial charge in [0, 0.05) is 61.9 Å². The van der Waals surface area contributed by atoms with Gasteiger partial charge in [-0.05, 0) is 84.1 Å². The molecule has 0 bridgehead atoms. The molecule has 0 spiro atoms. The van der Waals surface area contributed by atoms with Gasteiger partial charge in [0.1, 0.15) is 18.1 Å². The summed E-state index contributed by atoms with van der Waals surface area (Å²) in [4.78, 5) is 21.7. The highest BCUT2D eigenvalue weighted by atomic mass is 35.5. The minimum atomic E-state index is -0.0120. The first-order chi connectivity index (χ1) is 24.8. The van der Waals surface area contributed by atoms with Crippen LogP contribution < -0.4 is 14.2 Å². The Morgan fingerprint density at radius 2 is 1.59 bits per heavy atom. The number of carbonyl (C=O) groups is 1. The summed E-state index contributed by atoms with van der Waals surface area (Å²) in [5.74, 6) is 2.39. The normalized spacial score (nSPS) is 13.4. The van der Waals surface area contributed by atoms with Crippen LogP contribution in [0.3, 0.4) is 0 Å². The summed E-state index contributed by atoms with van der Waals surface area (Å²) in [6.45, 7) is 8.84. The number of halogens is 2. The third-order valence-electron chi connectivity index (χ3n) is 8.70.